The molecular formula is C13H14N6. The SMILES string of the molecule is CC(c1ccccc1)N(C)c1ccc2nnnn2n1. The third-order valence-electron chi connectivity index (χ3n) is 3.28. The summed E-state index contributed by atoms with van der Waals surface area (Å²) in [6.45, 7) is 2.14. The van der Waals surface area contributed by atoms with E-state index in [1.54, 1.807) is 0 Å². The van der Waals surface area contributed by atoms with E-state index >= 15 is 0 Å². The average Bonchev–Trinajstić information content (AvgIpc) is 2.94. The average molecular weight is 254 g/mol. The Labute approximate surface area is 110 Å². The van der Waals surface area contributed by atoms with Gasteiger partial charge in [-0.3, -0.25) is 0 Å². The highest BCUT2D eigenvalue weighted by Crippen LogP contribution is 2.23. The number of hydrogen-bond acceptors (Lipinski definition) is 5. The number of fused-ring (bicyclic) bond motifs is 1. The molecule has 0 amide bonds. The molecule has 0 aliphatic rings. The minimum atomic E-state index is 0.225. The van der Waals surface area contributed by atoms with E-state index in [0.29, 0.717) is 5.65 Å². The fourth-order valence-corrected chi connectivity index (χ4v) is 1.98. The molecule has 3 aromatic rings. The second kappa shape index (κ2) is 4.64. The first-order valence-electron chi connectivity index (χ1n) is 6.09. The van der Waals surface area contributed by atoms with Gasteiger partial charge >= 0.3 is 0 Å². The lowest BCUT2D eigenvalue weighted by atomic mass is 10.1. The zero-order valence-electron chi connectivity index (χ0n) is 10.8. The topological polar surface area (TPSA) is 59.2 Å². The maximum absolute atomic E-state index is 4.39. The summed E-state index contributed by atoms with van der Waals surface area (Å²) in [6.07, 6.45) is 0. The summed E-state index contributed by atoms with van der Waals surface area (Å²) < 4.78 is 1.43. The summed E-state index contributed by atoms with van der Waals surface area (Å²) in [5.74, 6) is 0.830. The molecule has 1 aromatic carbocycles. The maximum Gasteiger partial charge on any atom is 0.200 e. The van der Waals surface area contributed by atoms with Crippen molar-refractivity contribution in [1.29, 1.82) is 0 Å². The molecule has 96 valence electrons. The predicted octanol–water partition coefficient (Wildman–Crippen LogP) is 1.72. The fourth-order valence-electron chi connectivity index (χ4n) is 1.98. The Kier molecular flexibility index (Phi) is 2.83. The zero-order chi connectivity index (χ0) is 13.2. The molecule has 0 N–H and O–H groups in total. The molecule has 6 nitrogen and oxygen atoms in total. The van der Waals surface area contributed by atoms with Crippen LogP contribution in [0.25, 0.3) is 5.65 Å². The Balaban J connectivity index is 1.92. The second-order valence-electron chi connectivity index (χ2n) is 4.42. The van der Waals surface area contributed by atoms with Gasteiger partial charge < -0.3 is 4.90 Å². The largest absolute Gasteiger partial charge is 0.351 e. The minimum absolute atomic E-state index is 0.225. The van der Waals surface area contributed by atoms with E-state index in [2.05, 4.69) is 44.6 Å². The first kappa shape index (κ1) is 11.6. The van der Waals surface area contributed by atoms with Crippen LogP contribution in [0.1, 0.15) is 18.5 Å². The predicted molar refractivity (Wildman–Crippen MR) is 71.8 cm³/mol. The molecule has 0 aliphatic carbocycles. The molecule has 0 bridgehead atoms. The van der Waals surface area contributed by atoms with Gasteiger partial charge in [-0.1, -0.05) is 30.3 Å². The van der Waals surface area contributed by atoms with Crippen LogP contribution in [0, 0.1) is 0 Å². The van der Waals surface area contributed by atoms with Gasteiger partial charge in [-0.05, 0) is 35.0 Å². The first-order chi connectivity index (χ1) is 9.25. The Morgan fingerprint density at radius 1 is 1.11 bits per heavy atom. The molecule has 0 aliphatic heterocycles. The highest BCUT2D eigenvalue weighted by atomic mass is 15.6. The van der Waals surface area contributed by atoms with Crippen LogP contribution >= 0.6 is 0 Å². The molecule has 0 radical (unpaired) electrons. The van der Waals surface area contributed by atoms with Gasteiger partial charge in [-0.25, -0.2) is 0 Å². The third-order valence-corrected chi connectivity index (χ3v) is 3.28. The van der Waals surface area contributed by atoms with Crippen LogP contribution in [0.15, 0.2) is 42.5 Å². The number of nitrogens with zero attached hydrogens (tertiary/aromatic N) is 6. The molecule has 1 unspecified atom stereocenters. The molecule has 6 heteroatoms. The van der Waals surface area contributed by atoms with E-state index in [1.807, 2.05) is 37.4 Å². The molecule has 19 heavy (non-hydrogen) atoms. The van der Waals surface area contributed by atoms with Gasteiger partial charge in [0.25, 0.3) is 0 Å². The van der Waals surface area contributed by atoms with E-state index in [4.69, 9.17) is 0 Å². The zero-order valence-corrected chi connectivity index (χ0v) is 10.8. The molecule has 0 fully saturated rings. The van der Waals surface area contributed by atoms with E-state index in [-0.39, 0.29) is 6.04 Å². The number of benzene rings is 1. The quantitative estimate of drug-likeness (QED) is 0.712. The summed E-state index contributed by atoms with van der Waals surface area (Å²) in [5.41, 5.74) is 1.88. The maximum atomic E-state index is 4.39. The van der Waals surface area contributed by atoms with Crippen LogP contribution < -0.4 is 4.90 Å². The second-order valence-corrected chi connectivity index (χ2v) is 4.42. The smallest absolute Gasteiger partial charge is 0.200 e. The van der Waals surface area contributed by atoms with Crippen LogP contribution in [-0.4, -0.2) is 32.3 Å². The Bertz CT molecular complexity index is 678. The van der Waals surface area contributed by atoms with Crippen molar-refractivity contribution in [1.82, 2.24) is 25.3 Å². The van der Waals surface area contributed by atoms with Crippen molar-refractivity contribution in [3.63, 3.8) is 0 Å². The molecule has 0 saturated carbocycles. The van der Waals surface area contributed by atoms with E-state index in [0.717, 1.165) is 5.82 Å². The van der Waals surface area contributed by atoms with E-state index in [1.165, 1.54) is 10.2 Å². The van der Waals surface area contributed by atoms with Crippen molar-refractivity contribution in [3.05, 3.63) is 48.0 Å². The molecule has 1 atom stereocenters. The number of rotatable bonds is 3. The first-order valence-corrected chi connectivity index (χ1v) is 6.09. The highest BCUT2D eigenvalue weighted by molar-refractivity contribution is 5.45. The number of aromatic nitrogens is 5. The van der Waals surface area contributed by atoms with Crippen molar-refractivity contribution in [2.45, 2.75) is 13.0 Å². The Morgan fingerprint density at radius 3 is 2.68 bits per heavy atom. The summed E-state index contributed by atoms with van der Waals surface area (Å²) in [4.78, 5) is 2.09. The van der Waals surface area contributed by atoms with Crippen LogP contribution in [-0.2, 0) is 0 Å². The lowest BCUT2D eigenvalue weighted by Crippen LogP contribution is -2.23. The Morgan fingerprint density at radius 2 is 1.89 bits per heavy atom. The lowest BCUT2D eigenvalue weighted by Gasteiger charge is -2.25. The van der Waals surface area contributed by atoms with Gasteiger partial charge in [-0.2, -0.15) is 0 Å². The van der Waals surface area contributed by atoms with Gasteiger partial charge in [-0.15, -0.1) is 14.8 Å². The van der Waals surface area contributed by atoms with E-state index < -0.39 is 0 Å². The fraction of sp³-hybridized carbons (Fsp3) is 0.231. The van der Waals surface area contributed by atoms with Gasteiger partial charge in [0.2, 0.25) is 0 Å². The van der Waals surface area contributed by atoms with Crippen LogP contribution in [0.2, 0.25) is 0 Å². The molecule has 0 spiro atoms. The normalized spacial score (nSPS) is 12.5. The van der Waals surface area contributed by atoms with Gasteiger partial charge in [0.1, 0.15) is 0 Å². The number of anilines is 1. The minimum Gasteiger partial charge on any atom is -0.351 e. The van der Waals surface area contributed by atoms with Crippen molar-refractivity contribution >= 4 is 11.5 Å². The van der Waals surface area contributed by atoms with Crippen molar-refractivity contribution in [2.24, 2.45) is 0 Å². The number of tetrazole rings is 1. The van der Waals surface area contributed by atoms with Crippen LogP contribution in [0.3, 0.4) is 0 Å². The monoisotopic (exact) mass is 254 g/mol. The molecule has 2 heterocycles. The van der Waals surface area contributed by atoms with Crippen molar-refractivity contribution in [3.8, 4) is 0 Å². The van der Waals surface area contributed by atoms with Gasteiger partial charge in [0.15, 0.2) is 11.5 Å². The Hall–Kier alpha value is -2.50. The molecule has 3 rings (SSSR count). The summed E-state index contributed by atoms with van der Waals surface area (Å²) in [5, 5.41) is 15.6. The van der Waals surface area contributed by atoms with Gasteiger partial charge in [0, 0.05) is 7.05 Å². The lowest BCUT2D eigenvalue weighted by molar-refractivity contribution is 0.684. The number of hydrogen-bond donors (Lipinski definition) is 0. The summed E-state index contributed by atoms with van der Waals surface area (Å²) in [7, 11) is 2.01. The standard InChI is InChI=1S/C13H14N6/c1-10(11-6-4-3-5-7-11)18(2)13-9-8-12-14-16-17-19(12)15-13/h3-10H,1-2H3. The summed E-state index contributed by atoms with van der Waals surface area (Å²) in [6, 6.07) is 14.3. The molecular weight excluding hydrogens is 240 g/mol. The molecule has 0 saturated heterocycles. The van der Waals surface area contributed by atoms with Crippen molar-refractivity contribution < 1.29 is 0 Å². The van der Waals surface area contributed by atoms with Crippen molar-refractivity contribution in [2.75, 3.05) is 11.9 Å². The van der Waals surface area contributed by atoms with Gasteiger partial charge in [0.05, 0.1) is 6.04 Å². The van der Waals surface area contributed by atoms with E-state index in [9.17, 15) is 0 Å². The highest BCUT2D eigenvalue weighted by Gasteiger charge is 2.14. The summed E-state index contributed by atoms with van der Waals surface area (Å²) >= 11 is 0. The van der Waals surface area contributed by atoms with Crippen LogP contribution in [0.5, 0.6) is 0 Å². The third kappa shape index (κ3) is 2.12. The molecule has 2 aromatic heterocycles. The van der Waals surface area contributed by atoms with Crippen LogP contribution in [0.4, 0.5) is 5.82 Å².